The SMILES string of the molecule is COc1nc(N2CC3(C2)c2c(sc(N)c2C#N)C2CC23)c(C#N)c(N(C)C(C)c2cccnc2N)n1.FC1CC2CCCN2C1. The van der Waals surface area contributed by atoms with E-state index in [1.54, 1.807) is 17.5 Å². The zero-order valence-corrected chi connectivity index (χ0v) is 26.5. The number of nitrogens with two attached hydrogens (primary N) is 2. The van der Waals surface area contributed by atoms with E-state index in [0.29, 0.717) is 71.1 Å². The van der Waals surface area contributed by atoms with Gasteiger partial charge in [-0.2, -0.15) is 20.5 Å². The number of hydrogen-bond donors (Lipinski definition) is 2. The Bertz CT molecular complexity index is 1710. The molecule has 13 heteroatoms. The number of fused-ring (bicyclic) bond motifs is 6. The number of hydrogen-bond acceptors (Lipinski definition) is 12. The normalized spacial score (nSPS) is 25.6. The highest BCUT2D eigenvalue weighted by Gasteiger charge is 2.67. The number of pyridine rings is 1. The second-order valence-electron chi connectivity index (χ2n) is 12.9. The van der Waals surface area contributed by atoms with Gasteiger partial charge in [-0.05, 0) is 62.6 Å². The van der Waals surface area contributed by atoms with Crippen LogP contribution in [0, 0.1) is 28.6 Å². The molecule has 11 nitrogen and oxygen atoms in total. The van der Waals surface area contributed by atoms with Crippen LogP contribution in [-0.4, -0.2) is 72.4 Å². The highest BCUT2D eigenvalue weighted by molar-refractivity contribution is 7.16. The standard InChI is InChI=1S/C25H25N9OS.C7H12FN/c1-12(13-5-4-6-30-20(13)28)33(2)22-16(9-27)23(32-24(31-22)35-3)34-10-25(11-34)17-7-14(17)19-18(25)15(8-26)21(29)36-19;8-6-4-7-2-1-3-9(7)5-6/h4-6,12,14,17H,7,10-11,29H2,1-3H3,(H2,28,30);6-7H,1-5H2. The number of alkyl halides is 1. The average Bonchev–Trinajstić information content (AvgIpc) is 3.22. The molecule has 4 N–H and O–H groups in total. The molecule has 1 saturated carbocycles. The summed E-state index contributed by atoms with van der Waals surface area (Å²) in [4.78, 5) is 20.9. The summed E-state index contributed by atoms with van der Waals surface area (Å²) in [7, 11) is 3.38. The Morgan fingerprint density at radius 1 is 1.20 bits per heavy atom. The van der Waals surface area contributed by atoms with Crippen LogP contribution in [0.25, 0.3) is 0 Å². The van der Waals surface area contributed by atoms with Crippen molar-refractivity contribution in [3.8, 4) is 18.1 Å². The van der Waals surface area contributed by atoms with E-state index in [4.69, 9.17) is 16.2 Å². The third-order valence-corrected chi connectivity index (χ3v) is 11.6. The minimum atomic E-state index is -0.518. The van der Waals surface area contributed by atoms with Gasteiger partial charge in [-0.15, -0.1) is 11.3 Å². The van der Waals surface area contributed by atoms with Crippen molar-refractivity contribution in [2.24, 2.45) is 5.92 Å². The Balaban J connectivity index is 0.000000308. The summed E-state index contributed by atoms with van der Waals surface area (Å²) in [5, 5.41) is 20.6. The summed E-state index contributed by atoms with van der Waals surface area (Å²) in [5.74, 6) is 2.45. The summed E-state index contributed by atoms with van der Waals surface area (Å²) in [5.41, 5.74) is 15.2. The lowest BCUT2D eigenvalue weighted by atomic mass is 9.71. The third kappa shape index (κ3) is 4.63. The highest BCUT2D eigenvalue weighted by Crippen LogP contribution is 2.71. The Morgan fingerprint density at radius 3 is 2.67 bits per heavy atom. The predicted octanol–water partition coefficient (Wildman–Crippen LogP) is 4.11. The molecule has 8 rings (SSSR count). The van der Waals surface area contributed by atoms with E-state index >= 15 is 0 Å². The lowest BCUT2D eigenvalue weighted by molar-refractivity contribution is 0.292. The first-order valence-electron chi connectivity index (χ1n) is 15.5. The summed E-state index contributed by atoms with van der Waals surface area (Å²) < 4.78 is 18.0. The predicted molar refractivity (Wildman–Crippen MR) is 171 cm³/mol. The van der Waals surface area contributed by atoms with Gasteiger partial charge in [0.15, 0.2) is 11.6 Å². The fourth-order valence-electron chi connectivity index (χ4n) is 8.09. The number of rotatable bonds is 5. The second kappa shape index (κ2) is 11.0. The molecular formula is C32H37FN10OS. The maximum atomic E-state index is 12.6. The zero-order valence-electron chi connectivity index (χ0n) is 25.7. The summed E-state index contributed by atoms with van der Waals surface area (Å²) >= 11 is 1.57. The van der Waals surface area contributed by atoms with Crippen LogP contribution in [0.15, 0.2) is 18.3 Å². The molecule has 6 heterocycles. The number of methoxy groups -OCH3 is 1. The molecule has 3 aromatic rings. The van der Waals surface area contributed by atoms with Crippen LogP contribution in [-0.2, 0) is 5.41 Å². The van der Waals surface area contributed by atoms with Crippen molar-refractivity contribution in [3.63, 3.8) is 0 Å². The van der Waals surface area contributed by atoms with E-state index in [9.17, 15) is 14.9 Å². The molecule has 4 fully saturated rings. The van der Waals surface area contributed by atoms with Crippen LogP contribution >= 0.6 is 11.3 Å². The number of ether oxygens (including phenoxy) is 1. The number of nitriles is 2. The minimum Gasteiger partial charge on any atom is -0.467 e. The van der Waals surface area contributed by atoms with Gasteiger partial charge < -0.3 is 26.0 Å². The fourth-order valence-corrected chi connectivity index (χ4v) is 9.39. The van der Waals surface area contributed by atoms with Gasteiger partial charge >= 0.3 is 6.01 Å². The molecule has 234 valence electrons. The lowest BCUT2D eigenvalue weighted by Gasteiger charge is -2.51. The molecular weight excluding hydrogens is 591 g/mol. The molecule has 5 atom stereocenters. The number of nitrogens with zero attached hydrogens (tertiary/aromatic N) is 8. The number of aromatic nitrogens is 3. The minimum absolute atomic E-state index is 0.117. The first kappa shape index (κ1) is 29.5. The summed E-state index contributed by atoms with van der Waals surface area (Å²) in [6.45, 7) is 5.19. The number of anilines is 4. The van der Waals surface area contributed by atoms with Crippen LogP contribution in [0.5, 0.6) is 6.01 Å². The second-order valence-corrected chi connectivity index (χ2v) is 14.0. The number of thiophene rings is 1. The molecule has 3 aliphatic heterocycles. The third-order valence-electron chi connectivity index (χ3n) is 10.5. The van der Waals surface area contributed by atoms with Gasteiger partial charge in [-0.3, -0.25) is 4.90 Å². The van der Waals surface area contributed by atoms with Crippen molar-refractivity contribution in [1.29, 1.82) is 10.5 Å². The van der Waals surface area contributed by atoms with Gasteiger partial charge in [0.05, 0.1) is 18.7 Å². The summed E-state index contributed by atoms with van der Waals surface area (Å²) in [6.07, 6.45) is 5.59. The van der Waals surface area contributed by atoms with Crippen LogP contribution in [0.1, 0.15) is 71.7 Å². The Labute approximate surface area is 266 Å². The van der Waals surface area contributed by atoms with Gasteiger partial charge in [-0.1, -0.05) is 6.07 Å². The van der Waals surface area contributed by atoms with E-state index < -0.39 is 6.17 Å². The Morgan fingerprint density at radius 2 is 1.98 bits per heavy atom. The Hall–Kier alpha value is -4.20. The van der Waals surface area contributed by atoms with Gasteiger partial charge in [0.1, 0.15) is 34.7 Å². The quantitative estimate of drug-likeness (QED) is 0.419. The first-order chi connectivity index (χ1) is 21.7. The van der Waals surface area contributed by atoms with Crippen molar-refractivity contribution in [2.45, 2.75) is 62.2 Å². The largest absolute Gasteiger partial charge is 0.467 e. The van der Waals surface area contributed by atoms with E-state index in [1.807, 2.05) is 31.0 Å². The fraction of sp³-hybridized carbons (Fsp3) is 0.531. The van der Waals surface area contributed by atoms with Crippen LogP contribution in [0.3, 0.4) is 0 Å². The molecule has 45 heavy (non-hydrogen) atoms. The highest BCUT2D eigenvalue weighted by atomic mass is 32.1. The zero-order chi connectivity index (χ0) is 31.6. The van der Waals surface area contributed by atoms with Crippen LogP contribution < -0.4 is 26.0 Å². The van der Waals surface area contributed by atoms with Gasteiger partial charge in [-0.25, -0.2) is 9.37 Å². The lowest BCUT2D eigenvalue weighted by Crippen LogP contribution is -2.61. The molecule has 1 spiro atoms. The maximum Gasteiger partial charge on any atom is 0.320 e. The van der Waals surface area contributed by atoms with Gasteiger partial charge in [0.25, 0.3) is 0 Å². The molecule has 2 aliphatic carbocycles. The molecule has 0 amide bonds. The van der Waals surface area contributed by atoms with E-state index in [-0.39, 0.29) is 17.5 Å². The van der Waals surface area contributed by atoms with Crippen molar-refractivity contribution in [2.75, 3.05) is 61.6 Å². The topological polar surface area (TPSA) is 157 Å². The van der Waals surface area contributed by atoms with Crippen molar-refractivity contribution < 1.29 is 9.13 Å². The van der Waals surface area contributed by atoms with Crippen molar-refractivity contribution in [3.05, 3.63) is 45.5 Å². The van der Waals surface area contributed by atoms with Crippen LogP contribution in [0.2, 0.25) is 0 Å². The van der Waals surface area contributed by atoms with Crippen LogP contribution in [0.4, 0.5) is 26.8 Å². The Kier molecular flexibility index (Phi) is 7.21. The molecule has 0 bridgehead atoms. The van der Waals surface area contributed by atoms with Gasteiger partial charge in [0, 0.05) is 54.8 Å². The van der Waals surface area contributed by atoms with E-state index in [2.05, 4.69) is 36.9 Å². The number of halogens is 1. The molecule has 5 unspecified atom stereocenters. The maximum absolute atomic E-state index is 12.6. The van der Waals surface area contributed by atoms with Gasteiger partial charge in [0.2, 0.25) is 0 Å². The van der Waals surface area contributed by atoms with E-state index in [1.165, 1.54) is 24.8 Å². The molecule has 0 aromatic carbocycles. The number of nitrogen functional groups attached to an aromatic ring is 2. The molecule has 5 aliphatic rings. The van der Waals surface area contributed by atoms with E-state index in [0.717, 1.165) is 30.5 Å². The monoisotopic (exact) mass is 628 g/mol. The molecule has 3 aromatic heterocycles. The average molecular weight is 629 g/mol. The van der Waals surface area contributed by atoms with Crippen molar-refractivity contribution >= 4 is 33.8 Å². The van der Waals surface area contributed by atoms with Crippen molar-refractivity contribution in [1.82, 2.24) is 19.9 Å². The molecule has 0 radical (unpaired) electrons. The summed E-state index contributed by atoms with van der Waals surface area (Å²) in [6, 6.07) is 9.02. The first-order valence-corrected chi connectivity index (χ1v) is 16.3. The smallest absolute Gasteiger partial charge is 0.320 e. The molecule has 3 saturated heterocycles.